The average molecular weight is 315 g/mol. The van der Waals surface area contributed by atoms with Gasteiger partial charge in [-0.3, -0.25) is 10.2 Å². The summed E-state index contributed by atoms with van der Waals surface area (Å²) in [6.07, 6.45) is 6.11. The molecule has 1 fully saturated rings. The van der Waals surface area contributed by atoms with Crippen molar-refractivity contribution in [1.82, 2.24) is 10.7 Å². The van der Waals surface area contributed by atoms with Crippen LogP contribution in [-0.2, 0) is 4.79 Å². The first kappa shape index (κ1) is 15.2. The first-order valence-electron chi connectivity index (χ1n) is 7.94. The number of hydrazone groups is 1. The van der Waals surface area contributed by atoms with Crippen molar-refractivity contribution in [3.63, 3.8) is 0 Å². The van der Waals surface area contributed by atoms with Crippen molar-refractivity contribution in [2.24, 2.45) is 5.10 Å². The maximum Gasteiger partial charge on any atom is 0.190 e. The highest BCUT2D eigenvalue weighted by atomic mass is 32.1. The minimum absolute atomic E-state index is 0.0502. The predicted molar refractivity (Wildman–Crippen MR) is 92.1 cm³/mol. The standard InChI is InChI=1S/C17H21N3OS/c1-11-13-9-5-6-10-14(13)15(16(11)21)19-20-17(22)18-12-7-3-2-4-8-12/h5-6,9-12H,2-4,7-8H2,1H3,(H2,18,20,22)/b19-15-. The third-order valence-corrected chi connectivity index (χ3v) is 4.73. The normalized spacial score (nSPS) is 23.4. The molecule has 1 atom stereocenters. The van der Waals surface area contributed by atoms with Gasteiger partial charge in [-0.25, -0.2) is 0 Å². The first-order valence-corrected chi connectivity index (χ1v) is 8.35. The summed E-state index contributed by atoms with van der Waals surface area (Å²) in [7, 11) is 0. The zero-order chi connectivity index (χ0) is 15.5. The number of hydrogen-bond acceptors (Lipinski definition) is 3. The number of benzene rings is 1. The Morgan fingerprint density at radius 2 is 1.95 bits per heavy atom. The van der Waals surface area contributed by atoms with Crippen molar-refractivity contribution in [2.45, 2.75) is 51.0 Å². The van der Waals surface area contributed by atoms with Gasteiger partial charge in [-0.05, 0) is 30.6 Å². The third kappa shape index (κ3) is 3.04. The number of nitrogens with one attached hydrogen (secondary N) is 2. The summed E-state index contributed by atoms with van der Waals surface area (Å²) in [5.41, 5.74) is 5.28. The number of hydrogen-bond donors (Lipinski definition) is 2. The van der Waals surface area contributed by atoms with E-state index in [1.807, 2.05) is 31.2 Å². The fraction of sp³-hybridized carbons (Fsp3) is 0.471. The molecule has 0 radical (unpaired) electrons. The molecule has 0 aromatic heterocycles. The Labute approximate surface area is 136 Å². The molecule has 5 heteroatoms. The summed E-state index contributed by atoms with van der Waals surface area (Å²) in [6.45, 7) is 1.92. The Kier molecular flexibility index (Phi) is 4.52. The van der Waals surface area contributed by atoms with Crippen LogP contribution >= 0.6 is 12.2 Å². The Balaban J connectivity index is 1.67. The van der Waals surface area contributed by atoms with E-state index in [0.29, 0.717) is 16.9 Å². The summed E-state index contributed by atoms with van der Waals surface area (Å²) < 4.78 is 0. The quantitative estimate of drug-likeness (QED) is 0.651. The van der Waals surface area contributed by atoms with Crippen LogP contribution < -0.4 is 10.7 Å². The molecule has 2 N–H and O–H groups in total. The largest absolute Gasteiger partial charge is 0.359 e. The lowest BCUT2D eigenvalue weighted by Gasteiger charge is -2.23. The molecule has 0 amide bonds. The van der Waals surface area contributed by atoms with Gasteiger partial charge in [0, 0.05) is 17.5 Å². The summed E-state index contributed by atoms with van der Waals surface area (Å²) in [6, 6.07) is 8.24. The topological polar surface area (TPSA) is 53.5 Å². The van der Waals surface area contributed by atoms with E-state index in [0.717, 1.165) is 24.0 Å². The molecule has 4 nitrogen and oxygen atoms in total. The first-order chi connectivity index (χ1) is 10.7. The maximum absolute atomic E-state index is 12.3. The van der Waals surface area contributed by atoms with Crippen molar-refractivity contribution < 1.29 is 4.79 Å². The van der Waals surface area contributed by atoms with E-state index in [1.54, 1.807) is 0 Å². The smallest absolute Gasteiger partial charge is 0.190 e. The molecule has 0 heterocycles. The number of ketones is 1. The number of carbonyl (C=O) groups is 1. The second-order valence-corrected chi connectivity index (χ2v) is 6.46. The zero-order valence-electron chi connectivity index (χ0n) is 12.8. The van der Waals surface area contributed by atoms with Gasteiger partial charge in [0.15, 0.2) is 10.9 Å². The van der Waals surface area contributed by atoms with Crippen molar-refractivity contribution >= 4 is 28.8 Å². The Morgan fingerprint density at radius 1 is 1.23 bits per heavy atom. The van der Waals surface area contributed by atoms with E-state index in [1.165, 1.54) is 19.3 Å². The zero-order valence-corrected chi connectivity index (χ0v) is 13.6. The highest BCUT2D eigenvalue weighted by Crippen LogP contribution is 2.29. The van der Waals surface area contributed by atoms with Gasteiger partial charge in [0.2, 0.25) is 0 Å². The van der Waals surface area contributed by atoms with E-state index in [9.17, 15) is 4.79 Å². The van der Waals surface area contributed by atoms with Crippen LogP contribution in [0.4, 0.5) is 0 Å². The monoisotopic (exact) mass is 315 g/mol. The van der Waals surface area contributed by atoms with Gasteiger partial charge < -0.3 is 5.32 Å². The van der Waals surface area contributed by atoms with Crippen LogP contribution in [0.15, 0.2) is 29.4 Å². The molecule has 0 aliphatic heterocycles. The molecule has 116 valence electrons. The van der Waals surface area contributed by atoms with Crippen molar-refractivity contribution in [3.8, 4) is 0 Å². The molecule has 22 heavy (non-hydrogen) atoms. The lowest BCUT2D eigenvalue weighted by atomic mass is 9.96. The lowest BCUT2D eigenvalue weighted by Crippen LogP contribution is -2.41. The molecule has 2 aliphatic carbocycles. The Bertz CT molecular complexity index is 620. The van der Waals surface area contributed by atoms with E-state index >= 15 is 0 Å². The van der Waals surface area contributed by atoms with E-state index < -0.39 is 0 Å². The average Bonchev–Trinajstić information content (AvgIpc) is 2.78. The molecule has 0 saturated heterocycles. The molecule has 2 aliphatic rings. The van der Waals surface area contributed by atoms with Crippen LogP contribution in [0.1, 0.15) is 56.1 Å². The summed E-state index contributed by atoms with van der Waals surface area (Å²) >= 11 is 5.30. The van der Waals surface area contributed by atoms with Gasteiger partial charge in [0.05, 0.1) is 0 Å². The Morgan fingerprint density at radius 3 is 2.73 bits per heavy atom. The van der Waals surface area contributed by atoms with E-state index in [4.69, 9.17) is 12.2 Å². The van der Waals surface area contributed by atoms with Gasteiger partial charge in [0.25, 0.3) is 0 Å². The maximum atomic E-state index is 12.3. The van der Waals surface area contributed by atoms with E-state index in [2.05, 4.69) is 15.8 Å². The lowest BCUT2D eigenvalue weighted by molar-refractivity contribution is -0.113. The molecule has 3 rings (SSSR count). The van der Waals surface area contributed by atoms with Crippen LogP contribution in [-0.4, -0.2) is 22.6 Å². The SMILES string of the molecule is CC1C(=O)/C(=N\NC(=S)NC2CCCCC2)c2ccccc21. The molecule has 1 saturated carbocycles. The van der Waals surface area contributed by atoms with Crippen LogP contribution in [0.2, 0.25) is 0 Å². The highest BCUT2D eigenvalue weighted by Gasteiger charge is 2.33. The van der Waals surface area contributed by atoms with Gasteiger partial charge in [-0.1, -0.05) is 50.5 Å². The second kappa shape index (κ2) is 6.57. The molecular formula is C17H21N3OS. The third-order valence-electron chi connectivity index (χ3n) is 4.52. The molecule has 1 aromatic rings. The van der Waals surface area contributed by atoms with Gasteiger partial charge in [0.1, 0.15) is 5.71 Å². The molecule has 0 spiro atoms. The number of thiocarbonyl (C=S) groups is 1. The summed E-state index contributed by atoms with van der Waals surface area (Å²) in [5, 5.41) is 8.07. The minimum atomic E-state index is -0.128. The van der Waals surface area contributed by atoms with Crippen LogP contribution in [0, 0.1) is 0 Å². The van der Waals surface area contributed by atoms with Crippen molar-refractivity contribution in [1.29, 1.82) is 0 Å². The minimum Gasteiger partial charge on any atom is -0.359 e. The summed E-state index contributed by atoms with van der Waals surface area (Å²) in [5.74, 6) is -0.0780. The fourth-order valence-electron chi connectivity index (χ4n) is 3.26. The molecular weight excluding hydrogens is 294 g/mol. The van der Waals surface area contributed by atoms with Gasteiger partial charge in [-0.15, -0.1) is 0 Å². The molecule has 0 bridgehead atoms. The summed E-state index contributed by atoms with van der Waals surface area (Å²) in [4.78, 5) is 12.3. The Hall–Kier alpha value is -1.75. The predicted octanol–water partition coefficient (Wildman–Crippen LogP) is 2.87. The van der Waals surface area contributed by atoms with Gasteiger partial charge >= 0.3 is 0 Å². The molecule has 1 aromatic carbocycles. The number of fused-ring (bicyclic) bond motifs is 1. The highest BCUT2D eigenvalue weighted by molar-refractivity contribution is 7.80. The number of nitrogens with zero attached hydrogens (tertiary/aromatic N) is 1. The number of Topliss-reactive ketones (excluding diaryl/α,β-unsaturated/α-hetero) is 1. The van der Waals surface area contributed by atoms with Gasteiger partial charge in [-0.2, -0.15) is 5.10 Å². The van der Waals surface area contributed by atoms with Crippen molar-refractivity contribution in [2.75, 3.05) is 0 Å². The van der Waals surface area contributed by atoms with Crippen LogP contribution in [0.25, 0.3) is 0 Å². The second-order valence-electron chi connectivity index (χ2n) is 6.05. The van der Waals surface area contributed by atoms with Crippen molar-refractivity contribution in [3.05, 3.63) is 35.4 Å². The number of rotatable bonds is 2. The van der Waals surface area contributed by atoms with Crippen LogP contribution in [0.3, 0.4) is 0 Å². The number of carbonyl (C=O) groups excluding carboxylic acids is 1. The van der Waals surface area contributed by atoms with Crippen LogP contribution in [0.5, 0.6) is 0 Å². The fourth-order valence-corrected chi connectivity index (χ4v) is 3.47. The van der Waals surface area contributed by atoms with E-state index in [-0.39, 0.29) is 11.7 Å². The molecule has 1 unspecified atom stereocenters.